The second kappa shape index (κ2) is 8.81. The zero-order chi connectivity index (χ0) is 20.1. The first-order chi connectivity index (χ1) is 13.5. The lowest BCUT2D eigenvalue weighted by atomic mass is 10.2. The number of nitrogens with two attached hydrogens (primary N) is 1. The van der Waals surface area contributed by atoms with Gasteiger partial charge in [-0.1, -0.05) is 41.1 Å². The van der Waals surface area contributed by atoms with Gasteiger partial charge >= 0.3 is 0 Å². The Morgan fingerprint density at radius 2 is 2.14 bits per heavy atom. The lowest BCUT2D eigenvalue weighted by molar-refractivity contribution is 0.0958. The lowest BCUT2D eigenvalue weighted by Gasteiger charge is -2.10. The molecule has 0 aliphatic carbocycles. The summed E-state index contributed by atoms with van der Waals surface area (Å²) in [5.74, 6) is -0.373. The Kier molecular flexibility index (Phi) is 6.23. The quantitative estimate of drug-likeness (QED) is 0.464. The van der Waals surface area contributed by atoms with Gasteiger partial charge in [0.25, 0.3) is 5.91 Å². The van der Waals surface area contributed by atoms with Crippen molar-refractivity contribution >= 4 is 40.2 Å². The largest absolute Gasteiger partial charge is 0.488 e. The molecule has 0 spiro atoms. The minimum Gasteiger partial charge on any atom is -0.488 e. The number of benzene rings is 2. The molecule has 0 bridgehead atoms. The second-order valence-electron chi connectivity index (χ2n) is 5.69. The van der Waals surface area contributed by atoms with E-state index in [9.17, 15) is 9.18 Å². The average Bonchev–Trinajstić information content (AvgIpc) is 3.00. The molecule has 3 aromatic rings. The van der Waals surface area contributed by atoms with E-state index in [1.54, 1.807) is 37.3 Å². The van der Waals surface area contributed by atoms with E-state index in [1.807, 2.05) is 0 Å². The van der Waals surface area contributed by atoms with Crippen LogP contribution in [0.1, 0.15) is 26.5 Å². The van der Waals surface area contributed by atoms with E-state index in [1.165, 1.54) is 18.3 Å². The fraction of sp³-hybridized carbons (Fsp3) is 0.105. The molecule has 0 atom stereocenters. The smallest absolute Gasteiger partial charge is 0.283 e. The van der Waals surface area contributed by atoms with E-state index in [0.717, 1.165) is 11.3 Å². The van der Waals surface area contributed by atoms with Crippen LogP contribution in [0.4, 0.5) is 9.52 Å². The number of aryl methyl sites for hydroxylation is 1. The number of hydrogen-bond acceptors (Lipinski definition) is 6. The predicted molar refractivity (Wildman–Crippen MR) is 109 cm³/mol. The molecule has 0 unspecified atom stereocenters. The number of nitrogen functional groups attached to an aromatic ring is 1. The summed E-state index contributed by atoms with van der Waals surface area (Å²) in [6.07, 6.45) is 1.44. The normalized spacial score (nSPS) is 11.0. The molecule has 1 amide bonds. The SMILES string of the molecule is Cc1nc(N)sc1C(=O)NN=Cc1ccccc1OCc1c(F)cccc1Cl. The Bertz CT molecular complexity index is 1020. The Hall–Kier alpha value is -2.97. The highest BCUT2D eigenvalue weighted by Crippen LogP contribution is 2.23. The van der Waals surface area contributed by atoms with E-state index in [2.05, 4.69) is 15.5 Å². The van der Waals surface area contributed by atoms with E-state index < -0.39 is 11.7 Å². The van der Waals surface area contributed by atoms with Crippen molar-refractivity contribution in [2.45, 2.75) is 13.5 Å². The molecule has 0 aliphatic rings. The van der Waals surface area contributed by atoms with Crippen LogP contribution >= 0.6 is 22.9 Å². The molecule has 28 heavy (non-hydrogen) atoms. The van der Waals surface area contributed by atoms with Crippen molar-refractivity contribution in [2.75, 3.05) is 5.73 Å². The van der Waals surface area contributed by atoms with Crippen molar-refractivity contribution in [2.24, 2.45) is 5.10 Å². The highest BCUT2D eigenvalue weighted by molar-refractivity contribution is 7.17. The third-order valence-corrected chi connectivity index (χ3v) is 5.08. The van der Waals surface area contributed by atoms with Crippen LogP contribution in [0.15, 0.2) is 47.6 Å². The fourth-order valence-corrected chi connectivity index (χ4v) is 3.32. The first-order valence-electron chi connectivity index (χ1n) is 8.16. The minimum atomic E-state index is -0.440. The molecule has 0 fully saturated rings. The summed E-state index contributed by atoms with van der Waals surface area (Å²) in [5, 5.41) is 4.56. The van der Waals surface area contributed by atoms with Crippen LogP contribution in [0.3, 0.4) is 0 Å². The molecule has 1 heterocycles. The van der Waals surface area contributed by atoms with Crippen LogP contribution in [-0.4, -0.2) is 17.1 Å². The van der Waals surface area contributed by atoms with Crippen LogP contribution in [0, 0.1) is 12.7 Å². The molecule has 6 nitrogen and oxygen atoms in total. The Balaban J connectivity index is 1.69. The maximum Gasteiger partial charge on any atom is 0.283 e. The number of thiazole rings is 1. The summed E-state index contributed by atoms with van der Waals surface area (Å²) in [4.78, 5) is 16.5. The van der Waals surface area contributed by atoms with Gasteiger partial charge in [-0.2, -0.15) is 5.10 Å². The minimum absolute atomic E-state index is 0.0396. The number of rotatable bonds is 6. The zero-order valence-electron chi connectivity index (χ0n) is 14.8. The topological polar surface area (TPSA) is 89.6 Å². The summed E-state index contributed by atoms with van der Waals surface area (Å²) < 4.78 is 19.6. The number of amides is 1. The third-order valence-electron chi connectivity index (χ3n) is 3.74. The number of carbonyl (C=O) groups excluding carboxylic acids is 1. The van der Waals surface area contributed by atoms with Crippen molar-refractivity contribution in [3.63, 3.8) is 0 Å². The van der Waals surface area contributed by atoms with Crippen LogP contribution in [0.25, 0.3) is 0 Å². The van der Waals surface area contributed by atoms with Crippen molar-refractivity contribution in [1.29, 1.82) is 0 Å². The van der Waals surface area contributed by atoms with Gasteiger partial charge in [0.05, 0.1) is 16.9 Å². The Labute approximate surface area is 169 Å². The standard InChI is InChI=1S/C19H16ClFN4O2S/c1-11-17(28-19(22)24-11)18(26)25-23-9-12-5-2-3-8-16(12)27-10-13-14(20)6-4-7-15(13)21/h2-9H,10H2,1H3,(H2,22,24)(H,25,26). The van der Waals surface area contributed by atoms with Crippen LogP contribution in [0.5, 0.6) is 5.75 Å². The maximum absolute atomic E-state index is 13.9. The van der Waals surface area contributed by atoms with E-state index >= 15 is 0 Å². The molecular formula is C19H16ClFN4O2S. The first-order valence-corrected chi connectivity index (χ1v) is 9.36. The molecule has 1 aromatic heterocycles. The summed E-state index contributed by atoms with van der Waals surface area (Å²) in [7, 11) is 0. The van der Waals surface area contributed by atoms with Gasteiger partial charge in [0.1, 0.15) is 23.1 Å². The zero-order valence-corrected chi connectivity index (χ0v) is 16.4. The molecule has 2 aromatic carbocycles. The van der Waals surface area contributed by atoms with Gasteiger partial charge in [0, 0.05) is 11.1 Å². The van der Waals surface area contributed by atoms with Gasteiger partial charge in [-0.05, 0) is 31.2 Å². The van der Waals surface area contributed by atoms with Crippen LogP contribution in [-0.2, 0) is 6.61 Å². The van der Waals surface area contributed by atoms with Crippen molar-refractivity contribution in [1.82, 2.24) is 10.4 Å². The van der Waals surface area contributed by atoms with E-state index in [-0.39, 0.29) is 17.2 Å². The lowest BCUT2D eigenvalue weighted by Crippen LogP contribution is -2.17. The van der Waals surface area contributed by atoms with Gasteiger partial charge < -0.3 is 10.5 Å². The summed E-state index contributed by atoms with van der Waals surface area (Å²) >= 11 is 7.11. The number of anilines is 1. The van der Waals surface area contributed by atoms with Crippen LogP contribution < -0.4 is 15.9 Å². The number of hydrazone groups is 1. The molecular weight excluding hydrogens is 403 g/mol. The van der Waals surface area contributed by atoms with Crippen LogP contribution in [0.2, 0.25) is 5.02 Å². The first kappa shape index (κ1) is 19.8. The number of carbonyl (C=O) groups is 1. The number of hydrogen-bond donors (Lipinski definition) is 2. The summed E-state index contributed by atoms with van der Waals surface area (Å²) in [6, 6.07) is 11.5. The molecule has 144 valence electrons. The van der Waals surface area contributed by atoms with Crippen molar-refractivity contribution in [3.8, 4) is 5.75 Å². The number of halogens is 2. The second-order valence-corrected chi connectivity index (χ2v) is 7.13. The maximum atomic E-state index is 13.9. The molecule has 3 rings (SSSR count). The monoisotopic (exact) mass is 418 g/mol. The highest BCUT2D eigenvalue weighted by Gasteiger charge is 2.13. The summed E-state index contributed by atoms with van der Waals surface area (Å²) in [5.41, 5.74) is 9.44. The van der Waals surface area contributed by atoms with Crippen molar-refractivity contribution < 1.29 is 13.9 Å². The number of nitrogens with one attached hydrogen (secondary N) is 1. The molecule has 0 aliphatic heterocycles. The summed E-state index contributed by atoms with van der Waals surface area (Å²) in [6.45, 7) is 1.66. The Morgan fingerprint density at radius 1 is 1.36 bits per heavy atom. The average molecular weight is 419 g/mol. The highest BCUT2D eigenvalue weighted by atomic mass is 35.5. The van der Waals surface area contributed by atoms with Gasteiger partial charge in [-0.25, -0.2) is 14.8 Å². The molecule has 3 N–H and O–H groups in total. The van der Waals surface area contributed by atoms with Gasteiger partial charge in [-0.3, -0.25) is 4.79 Å². The van der Waals surface area contributed by atoms with Gasteiger partial charge in [0.15, 0.2) is 5.13 Å². The molecule has 9 heteroatoms. The van der Waals surface area contributed by atoms with Gasteiger partial charge in [0.2, 0.25) is 0 Å². The molecule has 0 saturated heterocycles. The third kappa shape index (κ3) is 4.65. The fourth-order valence-electron chi connectivity index (χ4n) is 2.38. The van der Waals surface area contributed by atoms with Crippen molar-refractivity contribution in [3.05, 3.63) is 75.0 Å². The number of para-hydroxylation sites is 1. The predicted octanol–water partition coefficient (Wildman–Crippen LogP) is 4.17. The van der Waals surface area contributed by atoms with E-state index in [4.69, 9.17) is 22.1 Å². The van der Waals surface area contributed by atoms with Gasteiger partial charge in [-0.15, -0.1) is 0 Å². The van der Waals surface area contributed by atoms with E-state index in [0.29, 0.717) is 27.0 Å². The molecule has 0 radical (unpaired) electrons. The number of nitrogens with zero attached hydrogens (tertiary/aromatic N) is 2. The number of aromatic nitrogens is 1. The Morgan fingerprint density at radius 3 is 2.86 bits per heavy atom. The molecule has 0 saturated carbocycles. The number of ether oxygens (including phenoxy) is 1.